The molecule has 0 atom stereocenters. The molecule has 0 spiro atoms. The molecule has 66 valence electrons. The van der Waals surface area contributed by atoms with Gasteiger partial charge in [-0.05, 0) is 19.1 Å². The second-order valence-electron chi connectivity index (χ2n) is 2.06. The van der Waals surface area contributed by atoms with Gasteiger partial charge in [0.2, 0.25) is 6.39 Å². The molecular weight excluding hydrogens is 176 g/mol. The van der Waals surface area contributed by atoms with Gasteiger partial charge in [-0.1, -0.05) is 5.16 Å². The molecule has 5 nitrogen and oxygen atoms in total. The molecule has 1 rings (SSSR count). The predicted molar refractivity (Wildman–Crippen MR) is 47.4 cm³/mol. The largest absolute Gasteiger partial charge is 0.363 e. The van der Waals surface area contributed by atoms with Gasteiger partial charge in [0.15, 0.2) is 10.9 Å². The fourth-order valence-electron chi connectivity index (χ4n) is 0.653. The molecule has 0 aliphatic rings. The summed E-state index contributed by atoms with van der Waals surface area (Å²) < 4.78 is 4.54. The van der Waals surface area contributed by atoms with Gasteiger partial charge in [0, 0.05) is 6.54 Å². The van der Waals surface area contributed by atoms with Crippen LogP contribution in [-0.4, -0.2) is 21.8 Å². The van der Waals surface area contributed by atoms with Gasteiger partial charge >= 0.3 is 0 Å². The summed E-state index contributed by atoms with van der Waals surface area (Å²) in [5.74, 6) is 0.593. The quantitative estimate of drug-likeness (QED) is 0.650. The molecular formula is C6H10N4OS. The van der Waals surface area contributed by atoms with Crippen LogP contribution in [-0.2, 0) is 6.54 Å². The summed E-state index contributed by atoms with van der Waals surface area (Å²) >= 11 is 4.92. The van der Waals surface area contributed by atoms with Gasteiger partial charge in [0.1, 0.15) is 0 Å². The van der Waals surface area contributed by atoms with E-state index in [2.05, 4.69) is 25.3 Å². The van der Waals surface area contributed by atoms with Crippen LogP contribution < -0.4 is 10.6 Å². The number of rotatable bonds is 3. The third-order valence-corrected chi connectivity index (χ3v) is 1.44. The highest BCUT2D eigenvalue weighted by Crippen LogP contribution is 1.85. The molecule has 6 heteroatoms. The lowest BCUT2D eigenvalue weighted by atomic mass is 10.6. The van der Waals surface area contributed by atoms with Crippen molar-refractivity contribution in [3.63, 3.8) is 0 Å². The van der Waals surface area contributed by atoms with Crippen LogP contribution in [0.15, 0.2) is 10.9 Å². The first-order chi connectivity index (χ1) is 5.83. The zero-order valence-corrected chi connectivity index (χ0v) is 7.52. The Labute approximate surface area is 75.5 Å². The Bertz CT molecular complexity index is 236. The molecule has 0 bridgehead atoms. The molecule has 0 amide bonds. The van der Waals surface area contributed by atoms with Gasteiger partial charge in [-0.25, -0.2) is 0 Å². The molecule has 1 aromatic heterocycles. The lowest BCUT2D eigenvalue weighted by Gasteiger charge is -2.05. The van der Waals surface area contributed by atoms with E-state index in [-0.39, 0.29) is 0 Å². The first-order valence-electron chi connectivity index (χ1n) is 3.60. The lowest BCUT2D eigenvalue weighted by molar-refractivity contribution is 0.409. The maximum absolute atomic E-state index is 4.92. The standard InChI is InChI=1S/C6H10N4OS/c1-2-7-6(12)8-3-5-9-4-11-10-5/h4H,2-3H2,1H3,(H2,7,8,12). The van der Waals surface area contributed by atoms with E-state index in [0.29, 0.717) is 17.5 Å². The van der Waals surface area contributed by atoms with E-state index in [9.17, 15) is 0 Å². The number of nitrogens with one attached hydrogen (secondary N) is 2. The van der Waals surface area contributed by atoms with Crippen molar-refractivity contribution in [2.24, 2.45) is 0 Å². The Morgan fingerprint density at radius 2 is 2.50 bits per heavy atom. The normalized spacial score (nSPS) is 9.42. The zero-order valence-electron chi connectivity index (χ0n) is 6.70. The molecule has 0 saturated heterocycles. The molecule has 0 fully saturated rings. The van der Waals surface area contributed by atoms with E-state index in [1.165, 1.54) is 6.39 Å². The summed E-state index contributed by atoms with van der Waals surface area (Å²) in [5.41, 5.74) is 0. The summed E-state index contributed by atoms with van der Waals surface area (Å²) in [5, 5.41) is 10.1. The number of hydrogen-bond acceptors (Lipinski definition) is 4. The van der Waals surface area contributed by atoms with Crippen molar-refractivity contribution in [3.05, 3.63) is 12.2 Å². The molecule has 0 unspecified atom stereocenters. The van der Waals surface area contributed by atoms with Gasteiger partial charge in [-0.15, -0.1) is 0 Å². The number of nitrogens with zero attached hydrogens (tertiary/aromatic N) is 2. The first kappa shape index (κ1) is 8.92. The minimum atomic E-state index is 0.488. The topological polar surface area (TPSA) is 63.0 Å². The van der Waals surface area contributed by atoms with Gasteiger partial charge in [-0.3, -0.25) is 0 Å². The Balaban J connectivity index is 2.22. The Hall–Kier alpha value is -1.17. The van der Waals surface area contributed by atoms with Crippen LogP contribution in [0.4, 0.5) is 0 Å². The second-order valence-corrected chi connectivity index (χ2v) is 2.47. The summed E-state index contributed by atoms with van der Waals surface area (Å²) in [7, 11) is 0. The second kappa shape index (κ2) is 4.66. The highest BCUT2D eigenvalue weighted by molar-refractivity contribution is 7.80. The van der Waals surface area contributed by atoms with E-state index in [4.69, 9.17) is 12.2 Å². The third kappa shape index (κ3) is 2.83. The minimum Gasteiger partial charge on any atom is -0.363 e. The molecule has 0 saturated carbocycles. The Morgan fingerprint density at radius 1 is 1.67 bits per heavy atom. The monoisotopic (exact) mass is 186 g/mol. The molecule has 1 aromatic rings. The van der Waals surface area contributed by atoms with Crippen LogP contribution in [0.3, 0.4) is 0 Å². The van der Waals surface area contributed by atoms with Crippen molar-refractivity contribution < 1.29 is 4.52 Å². The summed E-state index contributed by atoms with van der Waals surface area (Å²) in [6, 6.07) is 0. The molecule has 0 aliphatic carbocycles. The van der Waals surface area contributed by atoms with E-state index in [1.807, 2.05) is 6.92 Å². The fraction of sp³-hybridized carbons (Fsp3) is 0.500. The Kier molecular flexibility index (Phi) is 3.46. The molecule has 0 radical (unpaired) electrons. The SMILES string of the molecule is CCNC(=S)NCc1ncon1. The summed E-state index contributed by atoms with van der Waals surface area (Å²) in [4.78, 5) is 3.82. The van der Waals surface area contributed by atoms with Crippen molar-refractivity contribution >= 4 is 17.3 Å². The van der Waals surface area contributed by atoms with Crippen molar-refractivity contribution in [2.45, 2.75) is 13.5 Å². The lowest BCUT2D eigenvalue weighted by Crippen LogP contribution is -2.34. The van der Waals surface area contributed by atoms with Crippen molar-refractivity contribution in [1.29, 1.82) is 0 Å². The van der Waals surface area contributed by atoms with Gasteiger partial charge < -0.3 is 15.2 Å². The average Bonchev–Trinajstić information content (AvgIpc) is 2.53. The van der Waals surface area contributed by atoms with Crippen LogP contribution in [0.2, 0.25) is 0 Å². The van der Waals surface area contributed by atoms with Gasteiger partial charge in [0.05, 0.1) is 6.54 Å². The molecule has 0 aromatic carbocycles. The van der Waals surface area contributed by atoms with Gasteiger partial charge in [-0.2, -0.15) is 4.98 Å². The van der Waals surface area contributed by atoms with Crippen LogP contribution in [0.25, 0.3) is 0 Å². The van der Waals surface area contributed by atoms with E-state index in [1.54, 1.807) is 0 Å². The predicted octanol–water partition coefficient (Wildman–Crippen LogP) is 0.0536. The minimum absolute atomic E-state index is 0.488. The number of aromatic nitrogens is 2. The number of hydrogen-bond donors (Lipinski definition) is 2. The third-order valence-electron chi connectivity index (χ3n) is 1.15. The Morgan fingerprint density at radius 3 is 3.08 bits per heavy atom. The highest BCUT2D eigenvalue weighted by atomic mass is 32.1. The maximum atomic E-state index is 4.92. The van der Waals surface area contributed by atoms with Crippen LogP contribution >= 0.6 is 12.2 Å². The first-order valence-corrected chi connectivity index (χ1v) is 4.00. The fourth-order valence-corrected chi connectivity index (χ4v) is 0.869. The average molecular weight is 186 g/mol. The van der Waals surface area contributed by atoms with Crippen molar-refractivity contribution in [2.75, 3.05) is 6.54 Å². The van der Waals surface area contributed by atoms with E-state index < -0.39 is 0 Å². The molecule has 1 heterocycles. The molecule has 2 N–H and O–H groups in total. The molecule has 12 heavy (non-hydrogen) atoms. The van der Waals surface area contributed by atoms with Crippen molar-refractivity contribution in [1.82, 2.24) is 20.8 Å². The zero-order chi connectivity index (χ0) is 8.81. The van der Waals surface area contributed by atoms with Crippen LogP contribution in [0, 0.1) is 0 Å². The summed E-state index contributed by atoms with van der Waals surface area (Å²) in [6.45, 7) is 3.27. The maximum Gasteiger partial charge on any atom is 0.213 e. The van der Waals surface area contributed by atoms with Crippen LogP contribution in [0.1, 0.15) is 12.7 Å². The van der Waals surface area contributed by atoms with Gasteiger partial charge in [0.25, 0.3) is 0 Å². The van der Waals surface area contributed by atoms with Crippen molar-refractivity contribution in [3.8, 4) is 0 Å². The number of thiocarbonyl (C=S) groups is 1. The van der Waals surface area contributed by atoms with E-state index >= 15 is 0 Å². The van der Waals surface area contributed by atoms with Crippen LogP contribution in [0.5, 0.6) is 0 Å². The highest BCUT2D eigenvalue weighted by Gasteiger charge is 1.98. The van der Waals surface area contributed by atoms with E-state index in [0.717, 1.165) is 6.54 Å². The summed E-state index contributed by atoms with van der Waals surface area (Å²) in [6.07, 6.45) is 1.29. The smallest absolute Gasteiger partial charge is 0.213 e. The molecule has 0 aliphatic heterocycles.